The van der Waals surface area contributed by atoms with E-state index >= 15 is 0 Å². The zero-order valence-electron chi connectivity index (χ0n) is 23.4. The molecule has 7 nitrogen and oxygen atoms in total. The molecule has 0 amide bonds. The van der Waals surface area contributed by atoms with E-state index in [1.54, 1.807) is 7.11 Å². The van der Waals surface area contributed by atoms with Crippen LogP contribution in [0.5, 0.6) is 0 Å². The molecule has 0 spiro atoms. The third-order valence-electron chi connectivity index (χ3n) is 6.95. The minimum absolute atomic E-state index is 0.360. The van der Waals surface area contributed by atoms with Gasteiger partial charge >= 0.3 is 0 Å². The molecule has 1 saturated heterocycles. The monoisotopic (exact) mass is 549 g/mol. The van der Waals surface area contributed by atoms with Crippen molar-refractivity contribution in [3.63, 3.8) is 0 Å². The second-order valence-electron chi connectivity index (χ2n) is 9.99. The lowest BCUT2D eigenvalue weighted by atomic mass is 9.97. The van der Waals surface area contributed by atoms with Crippen molar-refractivity contribution in [1.29, 1.82) is 0 Å². The van der Waals surface area contributed by atoms with E-state index in [4.69, 9.17) is 34.2 Å². The van der Waals surface area contributed by atoms with Gasteiger partial charge in [0, 0.05) is 13.7 Å². The van der Waals surface area contributed by atoms with Gasteiger partial charge in [-0.25, -0.2) is 0 Å². The summed E-state index contributed by atoms with van der Waals surface area (Å²) in [5.74, 6) is 0. The van der Waals surface area contributed by atoms with Crippen LogP contribution in [0.3, 0.4) is 0 Å². The van der Waals surface area contributed by atoms with Crippen LogP contribution in [-0.4, -0.2) is 57.6 Å². The summed E-state index contributed by atoms with van der Waals surface area (Å²) < 4.78 is 38.0. The van der Waals surface area contributed by atoms with Crippen molar-refractivity contribution in [2.45, 2.75) is 69.8 Å². The molecule has 1 aliphatic heterocycles. The number of hydrogen-bond acceptors (Lipinski definition) is 7. The molecular formula is C33H43NO6. The molecule has 0 radical (unpaired) electrons. The van der Waals surface area contributed by atoms with Gasteiger partial charge in [0.15, 0.2) is 6.29 Å². The second-order valence-corrected chi connectivity index (χ2v) is 9.99. The molecule has 5 atom stereocenters. The van der Waals surface area contributed by atoms with E-state index in [0.29, 0.717) is 39.6 Å². The lowest BCUT2D eigenvalue weighted by Crippen LogP contribution is -2.61. The molecule has 0 aliphatic carbocycles. The van der Waals surface area contributed by atoms with Crippen molar-refractivity contribution in [3.8, 4) is 0 Å². The second kappa shape index (κ2) is 17.3. The molecule has 3 aromatic carbocycles. The minimum Gasteiger partial charge on any atom is -0.379 e. The summed E-state index contributed by atoms with van der Waals surface area (Å²) in [4.78, 5) is 0. The fourth-order valence-electron chi connectivity index (χ4n) is 4.79. The zero-order valence-corrected chi connectivity index (χ0v) is 23.4. The Kier molecular flexibility index (Phi) is 13.1. The topological polar surface area (TPSA) is 81.4 Å². The van der Waals surface area contributed by atoms with Gasteiger partial charge in [0.25, 0.3) is 0 Å². The predicted molar refractivity (Wildman–Crippen MR) is 154 cm³/mol. The van der Waals surface area contributed by atoms with E-state index in [-0.39, 0.29) is 0 Å². The van der Waals surface area contributed by atoms with Crippen LogP contribution in [0.25, 0.3) is 0 Å². The first-order valence-electron chi connectivity index (χ1n) is 14.2. The molecule has 1 fully saturated rings. The van der Waals surface area contributed by atoms with Crippen LogP contribution in [0.15, 0.2) is 91.0 Å². The Bertz CT molecular complexity index is 1050. The van der Waals surface area contributed by atoms with E-state index in [2.05, 4.69) is 12.1 Å². The van der Waals surface area contributed by atoms with E-state index < -0.39 is 30.7 Å². The maximum absolute atomic E-state index is 6.61. The summed E-state index contributed by atoms with van der Waals surface area (Å²) in [6.45, 7) is 2.90. The largest absolute Gasteiger partial charge is 0.379 e. The Balaban J connectivity index is 1.54. The standard InChI is InChI=1S/C33H43NO6/c1-35-33-32(39-24-28-18-10-4-11-19-28)31(38-23-27-16-8-3-9-17-27)30(37-22-26-14-6-2-7-15-26)29(40-33)25-36-21-13-5-12-20-34/h2-4,6-11,14-19,29-33H,5,12-13,20-25,34H2,1H3/t29-,30-,31+,32-,33-/m1/s1. The lowest BCUT2D eigenvalue weighted by Gasteiger charge is -2.45. The fourth-order valence-corrected chi connectivity index (χ4v) is 4.79. The Morgan fingerprint density at radius 3 is 1.62 bits per heavy atom. The Labute approximate surface area is 238 Å². The number of benzene rings is 3. The fraction of sp³-hybridized carbons (Fsp3) is 0.455. The summed E-state index contributed by atoms with van der Waals surface area (Å²) >= 11 is 0. The highest BCUT2D eigenvalue weighted by molar-refractivity contribution is 5.15. The highest BCUT2D eigenvalue weighted by Gasteiger charge is 2.48. The number of ether oxygens (including phenoxy) is 6. The van der Waals surface area contributed by atoms with Gasteiger partial charge < -0.3 is 34.2 Å². The number of rotatable bonds is 17. The number of nitrogens with two attached hydrogens (primary N) is 1. The van der Waals surface area contributed by atoms with E-state index in [1.165, 1.54) is 0 Å². The van der Waals surface area contributed by atoms with Gasteiger partial charge in [-0.1, -0.05) is 91.0 Å². The van der Waals surface area contributed by atoms with Gasteiger partial charge in [0.05, 0.1) is 26.4 Å². The van der Waals surface area contributed by atoms with Gasteiger partial charge in [0.1, 0.15) is 24.4 Å². The van der Waals surface area contributed by atoms with Crippen molar-refractivity contribution in [2.75, 3.05) is 26.9 Å². The molecule has 40 heavy (non-hydrogen) atoms. The van der Waals surface area contributed by atoms with Crippen molar-refractivity contribution >= 4 is 0 Å². The average molecular weight is 550 g/mol. The van der Waals surface area contributed by atoms with Gasteiger partial charge in [-0.05, 0) is 42.5 Å². The average Bonchev–Trinajstić information content (AvgIpc) is 3.01. The summed E-state index contributed by atoms with van der Waals surface area (Å²) in [7, 11) is 1.63. The maximum atomic E-state index is 6.61. The molecule has 2 N–H and O–H groups in total. The van der Waals surface area contributed by atoms with Crippen LogP contribution < -0.4 is 5.73 Å². The minimum atomic E-state index is -0.646. The highest BCUT2D eigenvalue weighted by Crippen LogP contribution is 2.31. The van der Waals surface area contributed by atoms with Crippen LogP contribution in [-0.2, 0) is 48.2 Å². The van der Waals surface area contributed by atoms with Crippen LogP contribution in [0, 0.1) is 0 Å². The Hall–Kier alpha value is -2.62. The molecule has 1 aliphatic rings. The molecule has 7 heteroatoms. The first-order chi connectivity index (χ1) is 19.8. The number of methoxy groups -OCH3 is 1. The number of hydrogen-bond donors (Lipinski definition) is 1. The molecule has 0 saturated carbocycles. The molecule has 1 heterocycles. The van der Waals surface area contributed by atoms with E-state index in [9.17, 15) is 0 Å². The van der Waals surface area contributed by atoms with E-state index in [1.807, 2.05) is 78.9 Å². The normalized spacial score (nSPS) is 22.8. The van der Waals surface area contributed by atoms with Gasteiger partial charge in [-0.2, -0.15) is 0 Å². The SMILES string of the molecule is CO[C@@H]1O[C@H](COCCCCCN)[C@@H](OCc2ccccc2)[C@H](OCc2ccccc2)[C@H]1OCc1ccccc1. The highest BCUT2D eigenvalue weighted by atomic mass is 16.7. The molecule has 0 unspecified atom stereocenters. The smallest absolute Gasteiger partial charge is 0.186 e. The lowest BCUT2D eigenvalue weighted by molar-refractivity contribution is -0.323. The van der Waals surface area contributed by atoms with Crippen LogP contribution >= 0.6 is 0 Å². The molecule has 216 valence electrons. The molecule has 3 aromatic rings. The van der Waals surface area contributed by atoms with Gasteiger partial charge in [-0.3, -0.25) is 0 Å². The van der Waals surface area contributed by atoms with Crippen molar-refractivity contribution in [1.82, 2.24) is 0 Å². The Morgan fingerprint density at radius 1 is 0.625 bits per heavy atom. The molecular weight excluding hydrogens is 506 g/mol. The third kappa shape index (κ3) is 9.49. The molecule has 0 aromatic heterocycles. The third-order valence-corrected chi connectivity index (χ3v) is 6.95. The first-order valence-corrected chi connectivity index (χ1v) is 14.2. The summed E-state index contributed by atoms with van der Waals surface area (Å²) in [5, 5.41) is 0. The van der Waals surface area contributed by atoms with Crippen molar-refractivity contribution < 1.29 is 28.4 Å². The Morgan fingerprint density at radius 2 is 1.12 bits per heavy atom. The quantitative estimate of drug-likeness (QED) is 0.230. The van der Waals surface area contributed by atoms with Crippen molar-refractivity contribution in [2.24, 2.45) is 5.73 Å². The maximum Gasteiger partial charge on any atom is 0.186 e. The van der Waals surface area contributed by atoms with Crippen LogP contribution in [0.4, 0.5) is 0 Å². The van der Waals surface area contributed by atoms with Gasteiger partial charge in [-0.15, -0.1) is 0 Å². The zero-order chi connectivity index (χ0) is 27.8. The first kappa shape index (κ1) is 30.3. The van der Waals surface area contributed by atoms with Crippen molar-refractivity contribution in [3.05, 3.63) is 108 Å². The summed E-state index contributed by atoms with van der Waals surface area (Å²) in [5.41, 5.74) is 8.83. The number of unbranched alkanes of at least 4 members (excludes halogenated alkanes) is 2. The predicted octanol–water partition coefficient (Wildman–Crippen LogP) is 5.26. The van der Waals surface area contributed by atoms with Crippen LogP contribution in [0.1, 0.15) is 36.0 Å². The molecule has 4 rings (SSSR count). The molecule has 0 bridgehead atoms. The van der Waals surface area contributed by atoms with Gasteiger partial charge in [0.2, 0.25) is 0 Å². The summed E-state index contributed by atoms with van der Waals surface area (Å²) in [6, 6.07) is 30.3. The summed E-state index contributed by atoms with van der Waals surface area (Å²) in [6.07, 6.45) is 0.507. The van der Waals surface area contributed by atoms with Crippen LogP contribution in [0.2, 0.25) is 0 Å². The van der Waals surface area contributed by atoms with E-state index in [0.717, 1.165) is 36.0 Å².